The fourth-order valence-electron chi connectivity index (χ4n) is 1.39. The molecule has 3 nitrogen and oxygen atoms in total. The molecule has 1 aliphatic heterocycles. The van der Waals surface area contributed by atoms with Gasteiger partial charge in [-0.2, -0.15) is 11.8 Å². The van der Waals surface area contributed by atoms with Crippen molar-refractivity contribution in [3.8, 4) is 0 Å². The molecule has 0 radical (unpaired) electrons. The number of aliphatic imine (C=N–C) groups is 1. The molecule has 0 aromatic heterocycles. The van der Waals surface area contributed by atoms with Crippen LogP contribution in [-0.2, 0) is 4.79 Å². The van der Waals surface area contributed by atoms with Crippen LogP contribution < -0.4 is 5.32 Å². The van der Waals surface area contributed by atoms with E-state index >= 15 is 0 Å². The molecule has 0 fully saturated rings. The van der Waals surface area contributed by atoms with E-state index in [0.717, 1.165) is 17.3 Å². The summed E-state index contributed by atoms with van der Waals surface area (Å²) < 4.78 is 0. The van der Waals surface area contributed by atoms with Crippen molar-refractivity contribution >= 4 is 23.5 Å². The van der Waals surface area contributed by atoms with Crippen LogP contribution in [0, 0.1) is 11.8 Å². The van der Waals surface area contributed by atoms with Gasteiger partial charge < -0.3 is 5.32 Å². The number of rotatable bonds is 5. The van der Waals surface area contributed by atoms with E-state index in [0.29, 0.717) is 5.92 Å². The average molecular weight is 228 g/mol. The van der Waals surface area contributed by atoms with Crippen LogP contribution >= 0.6 is 11.8 Å². The van der Waals surface area contributed by atoms with E-state index in [2.05, 4.69) is 24.2 Å². The highest BCUT2D eigenvalue weighted by Crippen LogP contribution is 2.14. The maximum Gasteiger partial charge on any atom is 0.250 e. The first kappa shape index (κ1) is 12.6. The lowest BCUT2D eigenvalue weighted by Gasteiger charge is -2.06. The molecule has 0 bridgehead atoms. The van der Waals surface area contributed by atoms with Crippen LogP contribution in [0.15, 0.2) is 4.99 Å². The van der Waals surface area contributed by atoms with Gasteiger partial charge in [-0.15, -0.1) is 0 Å². The molecule has 1 aliphatic rings. The third-order valence-corrected chi connectivity index (χ3v) is 3.53. The van der Waals surface area contributed by atoms with Gasteiger partial charge in [-0.25, -0.2) is 0 Å². The van der Waals surface area contributed by atoms with Crippen molar-refractivity contribution in [2.75, 3.05) is 11.5 Å². The molecular formula is C11H20N2OS. The fraction of sp³-hybridized carbons (Fsp3) is 0.818. The molecule has 86 valence electrons. The SMILES string of the molecule is CC(C)CSCC1=NC(C(C)C)C(=O)N1. The third kappa shape index (κ3) is 3.86. The summed E-state index contributed by atoms with van der Waals surface area (Å²) in [5.74, 6) is 3.83. The molecule has 0 saturated carbocycles. The van der Waals surface area contributed by atoms with Crippen LogP contribution in [0.2, 0.25) is 0 Å². The first-order chi connectivity index (χ1) is 7.00. The molecule has 4 heteroatoms. The zero-order valence-corrected chi connectivity index (χ0v) is 10.7. The van der Waals surface area contributed by atoms with Gasteiger partial charge in [0.1, 0.15) is 11.9 Å². The third-order valence-electron chi connectivity index (χ3n) is 2.15. The molecule has 1 heterocycles. The maximum absolute atomic E-state index is 11.5. The molecule has 0 aliphatic carbocycles. The van der Waals surface area contributed by atoms with E-state index in [-0.39, 0.29) is 17.9 Å². The Labute approximate surface area is 96.1 Å². The molecule has 1 atom stereocenters. The highest BCUT2D eigenvalue weighted by atomic mass is 32.2. The second-order valence-electron chi connectivity index (χ2n) is 4.66. The number of hydrogen-bond acceptors (Lipinski definition) is 3. The Kier molecular flexibility index (Phi) is 4.64. The summed E-state index contributed by atoms with van der Waals surface area (Å²) in [4.78, 5) is 15.9. The number of hydrogen-bond donors (Lipinski definition) is 1. The van der Waals surface area contributed by atoms with E-state index in [1.807, 2.05) is 25.6 Å². The van der Waals surface area contributed by atoms with E-state index < -0.39 is 0 Å². The monoisotopic (exact) mass is 228 g/mol. The van der Waals surface area contributed by atoms with Crippen LogP contribution in [0.3, 0.4) is 0 Å². The number of amides is 1. The summed E-state index contributed by atoms with van der Waals surface area (Å²) in [6.07, 6.45) is 0. The largest absolute Gasteiger partial charge is 0.312 e. The lowest BCUT2D eigenvalue weighted by Crippen LogP contribution is -2.32. The molecule has 0 saturated heterocycles. The fourth-order valence-corrected chi connectivity index (χ4v) is 2.32. The van der Waals surface area contributed by atoms with Crippen LogP contribution in [0.4, 0.5) is 0 Å². The highest BCUT2D eigenvalue weighted by molar-refractivity contribution is 7.99. The Balaban J connectivity index is 2.38. The van der Waals surface area contributed by atoms with E-state index in [9.17, 15) is 4.79 Å². The molecule has 0 aromatic rings. The Morgan fingerprint density at radius 2 is 2.07 bits per heavy atom. The van der Waals surface area contributed by atoms with E-state index in [1.54, 1.807) is 0 Å². The first-order valence-electron chi connectivity index (χ1n) is 5.46. The van der Waals surface area contributed by atoms with Gasteiger partial charge in [-0.3, -0.25) is 9.79 Å². The van der Waals surface area contributed by atoms with Gasteiger partial charge in [-0.05, 0) is 17.6 Å². The summed E-state index contributed by atoms with van der Waals surface area (Å²) in [5.41, 5.74) is 0. The van der Waals surface area contributed by atoms with Crippen molar-refractivity contribution in [1.29, 1.82) is 0 Å². The second-order valence-corrected chi connectivity index (χ2v) is 5.69. The topological polar surface area (TPSA) is 41.5 Å². The van der Waals surface area contributed by atoms with Crippen molar-refractivity contribution in [3.05, 3.63) is 0 Å². The minimum Gasteiger partial charge on any atom is -0.312 e. The van der Waals surface area contributed by atoms with Gasteiger partial charge in [-0.1, -0.05) is 27.7 Å². The Hall–Kier alpha value is -0.510. The quantitative estimate of drug-likeness (QED) is 0.781. The summed E-state index contributed by atoms with van der Waals surface area (Å²) >= 11 is 1.83. The number of amidine groups is 1. The predicted octanol–water partition coefficient (Wildman–Crippen LogP) is 1.93. The number of thioether (sulfide) groups is 1. The zero-order valence-electron chi connectivity index (χ0n) is 9.91. The average Bonchev–Trinajstić information content (AvgIpc) is 2.46. The summed E-state index contributed by atoms with van der Waals surface area (Å²) in [6.45, 7) is 8.44. The van der Waals surface area contributed by atoms with Crippen molar-refractivity contribution in [3.63, 3.8) is 0 Å². The highest BCUT2D eigenvalue weighted by Gasteiger charge is 2.28. The van der Waals surface area contributed by atoms with Crippen LogP contribution in [-0.4, -0.2) is 29.3 Å². The molecule has 1 amide bonds. The van der Waals surface area contributed by atoms with Gasteiger partial charge in [0.05, 0.1) is 5.75 Å². The van der Waals surface area contributed by atoms with Crippen molar-refractivity contribution in [2.45, 2.75) is 33.7 Å². The number of carbonyl (C=O) groups excluding carboxylic acids is 1. The Morgan fingerprint density at radius 1 is 1.40 bits per heavy atom. The molecule has 0 spiro atoms. The lowest BCUT2D eigenvalue weighted by molar-refractivity contribution is -0.120. The lowest BCUT2D eigenvalue weighted by atomic mass is 10.1. The summed E-state index contributed by atoms with van der Waals surface area (Å²) in [7, 11) is 0. The zero-order chi connectivity index (χ0) is 11.4. The van der Waals surface area contributed by atoms with E-state index in [1.165, 1.54) is 0 Å². The summed E-state index contributed by atoms with van der Waals surface area (Å²) in [5, 5.41) is 2.85. The normalized spacial score (nSPS) is 21.1. The van der Waals surface area contributed by atoms with Crippen LogP contribution in [0.1, 0.15) is 27.7 Å². The predicted molar refractivity (Wildman–Crippen MR) is 66.4 cm³/mol. The maximum atomic E-state index is 11.5. The minimum absolute atomic E-state index is 0.0603. The minimum atomic E-state index is -0.167. The molecule has 15 heavy (non-hydrogen) atoms. The summed E-state index contributed by atoms with van der Waals surface area (Å²) in [6, 6.07) is -0.167. The van der Waals surface area contributed by atoms with Gasteiger partial charge in [0.25, 0.3) is 0 Å². The molecular weight excluding hydrogens is 208 g/mol. The van der Waals surface area contributed by atoms with Crippen molar-refractivity contribution in [1.82, 2.24) is 5.32 Å². The Morgan fingerprint density at radius 3 is 2.53 bits per heavy atom. The van der Waals surface area contributed by atoms with Gasteiger partial charge in [0.15, 0.2) is 0 Å². The molecule has 1 unspecified atom stereocenters. The number of nitrogens with zero attached hydrogens (tertiary/aromatic N) is 1. The van der Waals surface area contributed by atoms with Gasteiger partial charge >= 0.3 is 0 Å². The van der Waals surface area contributed by atoms with E-state index in [4.69, 9.17) is 0 Å². The van der Waals surface area contributed by atoms with Crippen molar-refractivity contribution < 1.29 is 4.79 Å². The molecule has 1 rings (SSSR count). The van der Waals surface area contributed by atoms with Gasteiger partial charge in [0.2, 0.25) is 5.91 Å². The number of carbonyl (C=O) groups is 1. The molecule has 0 aromatic carbocycles. The van der Waals surface area contributed by atoms with Gasteiger partial charge in [0, 0.05) is 0 Å². The number of nitrogens with one attached hydrogen (secondary N) is 1. The van der Waals surface area contributed by atoms with Crippen LogP contribution in [0.25, 0.3) is 0 Å². The standard InChI is InChI=1S/C11H20N2OS/c1-7(2)5-15-6-9-12-10(8(3)4)11(14)13-9/h7-8,10H,5-6H2,1-4H3,(H,12,13,14). The van der Waals surface area contributed by atoms with Crippen molar-refractivity contribution in [2.24, 2.45) is 16.8 Å². The Bertz CT molecular complexity index is 261. The first-order valence-corrected chi connectivity index (χ1v) is 6.61. The smallest absolute Gasteiger partial charge is 0.250 e. The van der Waals surface area contributed by atoms with Crippen LogP contribution in [0.5, 0.6) is 0 Å². The molecule has 1 N–H and O–H groups in total. The second kappa shape index (κ2) is 5.54.